The van der Waals surface area contributed by atoms with Crippen LogP contribution in [-0.2, 0) is 0 Å². The van der Waals surface area contributed by atoms with Gasteiger partial charge in [0.2, 0.25) is 0 Å². The van der Waals surface area contributed by atoms with Crippen LogP contribution in [0.3, 0.4) is 0 Å². The maximum absolute atomic E-state index is 13.4. The van der Waals surface area contributed by atoms with Crippen LogP contribution in [0.25, 0.3) is 10.9 Å². The lowest BCUT2D eigenvalue weighted by molar-refractivity contribution is 0.0986. The number of para-hydroxylation sites is 1. The first-order valence-electron chi connectivity index (χ1n) is 8.53. The van der Waals surface area contributed by atoms with Crippen molar-refractivity contribution in [2.75, 3.05) is 0 Å². The van der Waals surface area contributed by atoms with Crippen molar-refractivity contribution >= 4 is 39.8 Å². The molecule has 0 radical (unpaired) electrons. The number of halogens is 1. The highest BCUT2D eigenvalue weighted by molar-refractivity contribution is 7.99. The highest BCUT2D eigenvalue weighted by Gasteiger charge is 2.20. The number of fused-ring (bicyclic) bond motifs is 1. The van der Waals surface area contributed by atoms with Crippen LogP contribution in [0.2, 0.25) is 0 Å². The number of pyridine rings is 1. The van der Waals surface area contributed by atoms with Crippen LogP contribution in [0.15, 0.2) is 83.2 Å². The molecule has 0 aliphatic carbocycles. The van der Waals surface area contributed by atoms with Gasteiger partial charge in [0.05, 0.1) is 10.4 Å². The summed E-state index contributed by atoms with van der Waals surface area (Å²) in [6.07, 6.45) is 2.12. The fourth-order valence-corrected chi connectivity index (χ4v) is 4.89. The van der Waals surface area contributed by atoms with Crippen molar-refractivity contribution in [1.82, 2.24) is 4.98 Å². The van der Waals surface area contributed by atoms with E-state index in [0.29, 0.717) is 6.42 Å². The van der Waals surface area contributed by atoms with Crippen molar-refractivity contribution in [3.8, 4) is 0 Å². The van der Waals surface area contributed by atoms with Gasteiger partial charge in [-0.15, -0.1) is 23.1 Å². The minimum atomic E-state index is -0.279. The molecular formula is C22H16FNOS2. The van der Waals surface area contributed by atoms with Gasteiger partial charge in [0.15, 0.2) is 5.78 Å². The normalized spacial score (nSPS) is 12.2. The highest BCUT2D eigenvalue weighted by atomic mass is 32.2. The second-order valence-electron chi connectivity index (χ2n) is 6.09. The number of ketones is 1. The van der Waals surface area contributed by atoms with Crippen molar-refractivity contribution in [1.29, 1.82) is 0 Å². The fraction of sp³-hybridized carbons (Fsp3) is 0.0909. The predicted octanol–water partition coefficient (Wildman–Crippen LogP) is 6.54. The molecule has 0 aliphatic rings. The smallest absolute Gasteiger partial charge is 0.174 e. The second-order valence-corrected chi connectivity index (χ2v) is 8.29. The number of benzene rings is 2. The number of thioether (sulfide) groups is 1. The van der Waals surface area contributed by atoms with Crippen LogP contribution in [0.5, 0.6) is 0 Å². The molecule has 0 aliphatic heterocycles. The fourth-order valence-electron chi connectivity index (χ4n) is 2.94. The first-order chi connectivity index (χ1) is 13.2. The van der Waals surface area contributed by atoms with Gasteiger partial charge in [0.1, 0.15) is 5.82 Å². The van der Waals surface area contributed by atoms with Crippen LogP contribution in [0.1, 0.15) is 26.9 Å². The Morgan fingerprint density at radius 3 is 2.63 bits per heavy atom. The molecule has 1 unspecified atom stereocenters. The molecule has 4 aromatic rings. The van der Waals surface area contributed by atoms with Gasteiger partial charge in [-0.05, 0) is 41.3 Å². The van der Waals surface area contributed by atoms with Gasteiger partial charge < -0.3 is 0 Å². The van der Waals surface area contributed by atoms with E-state index in [4.69, 9.17) is 0 Å². The summed E-state index contributed by atoms with van der Waals surface area (Å²) >= 11 is 3.05. The molecule has 2 nitrogen and oxygen atoms in total. The third-order valence-corrected chi connectivity index (χ3v) is 6.49. The number of hydrogen-bond acceptors (Lipinski definition) is 4. The molecule has 0 saturated heterocycles. The molecule has 0 amide bonds. The summed E-state index contributed by atoms with van der Waals surface area (Å²) < 4.78 is 13.4. The third-order valence-electron chi connectivity index (χ3n) is 4.27. The summed E-state index contributed by atoms with van der Waals surface area (Å²) in [4.78, 5) is 19.0. The maximum atomic E-state index is 13.4. The number of carbonyl (C=O) groups excluding carboxylic acids is 1. The van der Waals surface area contributed by atoms with Crippen LogP contribution in [0.4, 0.5) is 4.39 Å². The summed E-state index contributed by atoms with van der Waals surface area (Å²) in [5, 5.41) is 2.85. The average Bonchev–Trinajstić information content (AvgIpc) is 3.23. The predicted molar refractivity (Wildman–Crippen MR) is 110 cm³/mol. The minimum absolute atomic E-state index is 0.0972. The van der Waals surface area contributed by atoms with Gasteiger partial charge in [-0.3, -0.25) is 9.78 Å². The van der Waals surface area contributed by atoms with Gasteiger partial charge in [0.25, 0.3) is 0 Å². The Bertz CT molecular complexity index is 1060. The lowest BCUT2D eigenvalue weighted by atomic mass is 10.1. The zero-order valence-corrected chi connectivity index (χ0v) is 16.0. The zero-order chi connectivity index (χ0) is 18.6. The number of Topliss-reactive ketones (excluding diaryl/α,β-unsaturated/α-hetero) is 1. The molecule has 0 fully saturated rings. The molecule has 5 heteroatoms. The van der Waals surface area contributed by atoms with Crippen molar-refractivity contribution in [2.24, 2.45) is 0 Å². The molecule has 0 spiro atoms. The molecule has 134 valence electrons. The monoisotopic (exact) mass is 393 g/mol. The average molecular weight is 394 g/mol. The van der Waals surface area contributed by atoms with E-state index in [-0.39, 0.29) is 16.9 Å². The van der Waals surface area contributed by atoms with Crippen LogP contribution in [-0.4, -0.2) is 10.8 Å². The van der Waals surface area contributed by atoms with Gasteiger partial charge in [-0.25, -0.2) is 4.39 Å². The Morgan fingerprint density at radius 1 is 1.04 bits per heavy atom. The highest BCUT2D eigenvalue weighted by Crippen LogP contribution is 2.41. The van der Waals surface area contributed by atoms with E-state index in [0.717, 1.165) is 26.2 Å². The van der Waals surface area contributed by atoms with Crippen molar-refractivity contribution < 1.29 is 9.18 Å². The van der Waals surface area contributed by atoms with Gasteiger partial charge in [0, 0.05) is 28.1 Å². The summed E-state index contributed by atoms with van der Waals surface area (Å²) in [6.45, 7) is 0. The van der Waals surface area contributed by atoms with E-state index in [1.165, 1.54) is 23.5 Å². The van der Waals surface area contributed by atoms with Crippen LogP contribution in [0, 0.1) is 5.82 Å². The van der Waals surface area contributed by atoms with E-state index < -0.39 is 0 Å². The van der Waals surface area contributed by atoms with Crippen molar-refractivity contribution in [3.63, 3.8) is 0 Å². The van der Waals surface area contributed by atoms with Crippen molar-refractivity contribution in [3.05, 3.63) is 94.6 Å². The lowest BCUT2D eigenvalue weighted by Crippen LogP contribution is -2.04. The summed E-state index contributed by atoms with van der Waals surface area (Å²) in [5.41, 5.74) is 1.85. The van der Waals surface area contributed by atoms with E-state index in [1.807, 2.05) is 47.8 Å². The Hall–Kier alpha value is -2.50. The largest absolute Gasteiger partial charge is 0.293 e. The number of nitrogens with zero attached hydrogens (tertiary/aromatic N) is 1. The topological polar surface area (TPSA) is 30.0 Å². The molecule has 1 atom stereocenters. The van der Waals surface area contributed by atoms with E-state index >= 15 is 0 Å². The third kappa shape index (κ3) is 4.10. The molecule has 2 heterocycles. The quantitative estimate of drug-likeness (QED) is 0.275. The lowest BCUT2D eigenvalue weighted by Gasteiger charge is -2.17. The molecule has 2 aromatic carbocycles. The molecule has 0 saturated carbocycles. The number of rotatable bonds is 6. The number of carbonyl (C=O) groups is 1. The molecule has 2 aromatic heterocycles. The maximum Gasteiger partial charge on any atom is 0.174 e. The SMILES string of the molecule is O=C(CC(Sc1cccc2cccnc12)c1ccc(F)cc1)c1cccs1. The minimum Gasteiger partial charge on any atom is -0.293 e. The van der Waals surface area contributed by atoms with Crippen molar-refractivity contribution in [2.45, 2.75) is 16.6 Å². The number of aromatic nitrogens is 1. The first kappa shape index (κ1) is 17.9. The summed E-state index contributed by atoms with van der Waals surface area (Å²) in [5.74, 6) is -0.182. The summed E-state index contributed by atoms with van der Waals surface area (Å²) in [6, 6.07) is 20.1. The second kappa shape index (κ2) is 8.03. The molecule has 4 rings (SSSR count). The molecule has 0 bridgehead atoms. The van der Waals surface area contributed by atoms with E-state index in [2.05, 4.69) is 4.98 Å². The van der Waals surface area contributed by atoms with Gasteiger partial charge >= 0.3 is 0 Å². The van der Waals surface area contributed by atoms with E-state index in [1.54, 1.807) is 30.1 Å². The van der Waals surface area contributed by atoms with Gasteiger partial charge in [-0.2, -0.15) is 0 Å². The van der Waals surface area contributed by atoms with Crippen LogP contribution < -0.4 is 0 Å². The zero-order valence-electron chi connectivity index (χ0n) is 14.3. The standard InChI is InChI=1S/C22H16FNOS2/c23-17-10-8-15(9-11-17)21(14-18(25)19-7-3-13-26-19)27-20-6-1-4-16-5-2-12-24-22(16)20/h1-13,21H,14H2. The number of thiophene rings is 1. The molecular weight excluding hydrogens is 377 g/mol. The summed E-state index contributed by atoms with van der Waals surface area (Å²) in [7, 11) is 0. The van der Waals surface area contributed by atoms with E-state index in [9.17, 15) is 9.18 Å². The Labute approximate surface area is 165 Å². The molecule has 27 heavy (non-hydrogen) atoms. The first-order valence-corrected chi connectivity index (χ1v) is 10.3. The Balaban J connectivity index is 1.68. The Kier molecular flexibility index (Phi) is 5.32. The van der Waals surface area contributed by atoms with Crippen LogP contribution >= 0.6 is 23.1 Å². The number of hydrogen-bond donors (Lipinski definition) is 0. The van der Waals surface area contributed by atoms with Gasteiger partial charge in [-0.1, -0.05) is 36.4 Å². The Morgan fingerprint density at radius 2 is 1.85 bits per heavy atom. The molecule has 0 N–H and O–H groups in total.